The Balaban J connectivity index is 1.75. The van der Waals surface area contributed by atoms with E-state index in [0.29, 0.717) is 12.0 Å². The van der Waals surface area contributed by atoms with Crippen LogP contribution in [-0.4, -0.2) is 23.4 Å². The highest BCUT2D eigenvalue weighted by Gasteiger charge is 2.36. The molecule has 18 heavy (non-hydrogen) atoms. The summed E-state index contributed by atoms with van der Waals surface area (Å²) in [6, 6.07) is 2.49. The molecule has 4 heteroatoms. The first-order chi connectivity index (χ1) is 8.66. The Morgan fingerprint density at radius 3 is 2.89 bits per heavy atom. The molecule has 3 rings (SSSR count). The zero-order valence-electron chi connectivity index (χ0n) is 10.4. The van der Waals surface area contributed by atoms with E-state index in [4.69, 9.17) is 11.6 Å². The van der Waals surface area contributed by atoms with Gasteiger partial charge in [0.1, 0.15) is 0 Å². The number of nitrogens with zero attached hydrogens (tertiary/aromatic N) is 1. The Morgan fingerprint density at radius 1 is 1.50 bits per heavy atom. The van der Waals surface area contributed by atoms with Gasteiger partial charge in [-0.3, -0.25) is 4.79 Å². The number of hydrogen-bond donors (Lipinski definition) is 0. The van der Waals surface area contributed by atoms with Crippen LogP contribution in [0.5, 0.6) is 0 Å². The second-order valence-electron chi connectivity index (χ2n) is 5.18. The lowest BCUT2D eigenvalue weighted by Gasteiger charge is -2.27. The average Bonchev–Trinajstić information content (AvgIpc) is 2.95. The van der Waals surface area contributed by atoms with Crippen LogP contribution < -0.4 is 0 Å². The lowest BCUT2D eigenvalue weighted by atomic mass is 9.97. The number of halogens is 1. The van der Waals surface area contributed by atoms with Crippen LogP contribution in [0.15, 0.2) is 27.4 Å². The molecular formula is C14H16ClNOS. The summed E-state index contributed by atoms with van der Waals surface area (Å²) in [6.07, 6.45) is 2.79. The molecule has 0 bridgehead atoms. The van der Waals surface area contributed by atoms with Gasteiger partial charge in [-0.05, 0) is 48.6 Å². The van der Waals surface area contributed by atoms with Crippen LogP contribution in [0.2, 0.25) is 0 Å². The van der Waals surface area contributed by atoms with Crippen LogP contribution in [0.3, 0.4) is 0 Å². The van der Waals surface area contributed by atoms with Crippen LogP contribution in [-0.2, 0) is 4.79 Å². The second kappa shape index (κ2) is 4.71. The van der Waals surface area contributed by atoms with Crippen molar-refractivity contribution >= 4 is 28.8 Å². The van der Waals surface area contributed by atoms with Crippen LogP contribution in [0.4, 0.5) is 0 Å². The summed E-state index contributed by atoms with van der Waals surface area (Å²) >= 11 is 7.73. The van der Waals surface area contributed by atoms with Crippen molar-refractivity contribution in [3.63, 3.8) is 0 Å². The van der Waals surface area contributed by atoms with Gasteiger partial charge in [0.15, 0.2) is 0 Å². The van der Waals surface area contributed by atoms with Crippen molar-refractivity contribution in [2.45, 2.75) is 38.1 Å². The first kappa shape index (κ1) is 12.2. The van der Waals surface area contributed by atoms with Crippen LogP contribution >= 0.6 is 22.9 Å². The molecule has 1 amide bonds. The Kier molecular flexibility index (Phi) is 3.20. The molecule has 1 saturated heterocycles. The summed E-state index contributed by atoms with van der Waals surface area (Å²) in [5.74, 6) is 0.658. The first-order valence-electron chi connectivity index (χ1n) is 6.37. The Morgan fingerprint density at radius 2 is 2.33 bits per heavy atom. The quantitative estimate of drug-likeness (QED) is 0.809. The molecule has 0 aromatic carbocycles. The molecule has 0 saturated carbocycles. The van der Waals surface area contributed by atoms with E-state index >= 15 is 0 Å². The Hall–Kier alpha value is -0.800. The van der Waals surface area contributed by atoms with Crippen molar-refractivity contribution in [2.24, 2.45) is 0 Å². The predicted octanol–water partition coefficient (Wildman–Crippen LogP) is 3.74. The van der Waals surface area contributed by atoms with E-state index in [0.717, 1.165) is 36.4 Å². The van der Waals surface area contributed by atoms with E-state index in [1.807, 2.05) is 4.90 Å². The minimum absolute atomic E-state index is 0.163. The predicted molar refractivity (Wildman–Crippen MR) is 75.0 cm³/mol. The minimum atomic E-state index is 0.163. The summed E-state index contributed by atoms with van der Waals surface area (Å²) in [5.41, 5.74) is 2.21. The van der Waals surface area contributed by atoms with Gasteiger partial charge in [0.25, 0.3) is 5.91 Å². The van der Waals surface area contributed by atoms with E-state index in [-0.39, 0.29) is 5.91 Å². The van der Waals surface area contributed by atoms with Gasteiger partial charge in [0.2, 0.25) is 0 Å². The number of carbonyl (C=O) groups excluding carboxylic acids is 1. The molecular weight excluding hydrogens is 266 g/mol. The standard InChI is InChI=1S/C14H16ClNOS/c1-9-6-11(10-4-5-18-8-10)7-16(9)14(17)12-2-3-13(12)15/h4-5,8-9,11H,2-3,6-7H2,1H3. The number of allylic oxidation sites excluding steroid dienone is 1. The highest BCUT2D eigenvalue weighted by Crippen LogP contribution is 2.37. The first-order valence-corrected chi connectivity index (χ1v) is 7.69. The van der Waals surface area contributed by atoms with Crippen molar-refractivity contribution < 1.29 is 4.79 Å². The summed E-state index contributed by atoms with van der Waals surface area (Å²) in [4.78, 5) is 14.3. The van der Waals surface area contributed by atoms with E-state index in [2.05, 4.69) is 23.8 Å². The monoisotopic (exact) mass is 281 g/mol. The summed E-state index contributed by atoms with van der Waals surface area (Å²) in [6.45, 7) is 2.97. The molecule has 1 aliphatic carbocycles. The van der Waals surface area contributed by atoms with Crippen molar-refractivity contribution in [2.75, 3.05) is 6.54 Å². The molecule has 2 atom stereocenters. The number of likely N-dealkylation sites (tertiary alicyclic amines) is 1. The third kappa shape index (κ3) is 1.99. The SMILES string of the molecule is CC1CC(c2ccsc2)CN1C(=O)C1=C(Cl)CC1. The third-order valence-corrected chi connectivity index (χ3v) is 5.15. The zero-order valence-corrected chi connectivity index (χ0v) is 11.9. The molecule has 2 heterocycles. The van der Waals surface area contributed by atoms with Gasteiger partial charge in [-0.2, -0.15) is 11.3 Å². The van der Waals surface area contributed by atoms with Gasteiger partial charge in [-0.1, -0.05) is 11.6 Å². The van der Waals surface area contributed by atoms with E-state index < -0.39 is 0 Å². The molecule has 0 spiro atoms. The highest BCUT2D eigenvalue weighted by molar-refractivity contribution is 7.08. The summed E-state index contributed by atoms with van der Waals surface area (Å²) in [5, 5.41) is 5.07. The Bertz CT molecular complexity index is 494. The summed E-state index contributed by atoms with van der Waals surface area (Å²) < 4.78 is 0. The molecule has 0 radical (unpaired) electrons. The van der Waals surface area contributed by atoms with Gasteiger partial charge in [-0.15, -0.1) is 0 Å². The minimum Gasteiger partial charge on any atom is -0.336 e. The molecule has 0 N–H and O–H groups in total. The second-order valence-corrected chi connectivity index (χ2v) is 6.42. The molecule has 2 aliphatic rings. The molecule has 1 aliphatic heterocycles. The fourth-order valence-corrected chi connectivity index (χ4v) is 3.82. The number of amides is 1. The molecule has 2 unspecified atom stereocenters. The highest BCUT2D eigenvalue weighted by atomic mass is 35.5. The normalized spacial score (nSPS) is 27.6. The lowest BCUT2D eigenvalue weighted by molar-refractivity contribution is -0.128. The van der Waals surface area contributed by atoms with Gasteiger partial charge < -0.3 is 4.90 Å². The van der Waals surface area contributed by atoms with Gasteiger partial charge >= 0.3 is 0 Å². The van der Waals surface area contributed by atoms with Gasteiger partial charge in [0, 0.05) is 29.1 Å². The molecule has 1 aromatic rings. The van der Waals surface area contributed by atoms with E-state index in [1.165, 1.54) is 5.56 Å². The third-order valence-electron chi connectivity index (χ3n) is 4.03. The van der Waals surface area contributed by atoms with E-state index in [1.54, 1.807) is 11.3 Å². The van der Waals surface area contributed by atoms with Crippen molar-refractivity contribution in [1.82, 2.24) is 4.90 Å². The van der Waals surface area contributed by atoms with E-state index in [9.17, 15) is 4.79 Å². The maximum Gasteiger partial charge on any atom is 0.251 e. The van der Waals surface area contributed by atoms with Crippen LogP contribution in [0.1, 0.15) is 37.7 Å². The number of carbonyl (C=O) groups is 1. The van der Waals surface area contributed by atoms with Crippen molar-refractivity contribution in [3.8, 4) is 0 Å². The lowest BCUT2D eigenvalue weighted by Crippen LogP contribution is -2.36. The van der Waals surface area contributed by atoms with Crippen molar-refractivity contribution in [1.29, 1.82) is 0 Å². The van der Waals surface area contributed by atoms with Crippen molar-refractivity contribution in [3.05, 3.63) is 33.0 Å². The zero-order chi connectivity index (χ0) is 12.7. The molecule has 1 fully saturated rings. The molecule has 96 valence electrons. The fraction of sp³-hybridized carbons (Fsp3) is 0.500. The maximum absolute atomic E-state index is 12.3. The van der Waals surface area contributed by atoms with Crippen LogP contribution in [0.25, 0.3) is 0 Å². The fourth-order valence-electron chi connectivity index (χ4n) is 2.80. The largest absolute Gasteiger partial charge is 0.336 e. The topological polar surface area (TPSA) is 20.3 Å². The van der Waals surface area contributed by atoms with Gasteiger partial charge in [0.05, 0.1) is 0 Å². The average molecular weight is 282 g/mol. The number of hydrogen-bond acceptors (Lipinski definition) is 2. The molecule has 2 nitrogen and oxygen atoms in total. The summed E-state index contributed by atoms with van der Waals surface area (Å²) in [7, 11) is 0. The number of rotatable bonds is 2. The van der Waals surface area contributed by atoms with Gasteiger partial charge in [-0.25, -0.2) is 0 Å². The molecule has 1 aromatic heterocycles. The Labute approximate surface area is 116 Å². The smallest absolute Gasteiger partial charge is 0.251 e. The number of thiophene rings is 1. The van der Waals surface area contributed by atoms with Crippen LogP contribution in [0, 0.1) is 0 Å². The maximum atomic E-state index is 12.3.